The molecule has 0 aliphatic carbocycles. The van der Waals surface area contributed by atoms with Crippen LogP contribution in [0.3, 0.4) is 0 Å². The van der Waals surface area contributed by atoms with Crippen LogP contribution in [-0.4, -0.2) is 37.6 Å². The molecule has 0 amide bonds. The van der Waals surface area contributed by atoms with Gasteiger partial charge in [0, 0.05) is 0 Å². The zero-order valence-corrected chi connectivity index (χ0v) is 10.5. The highest BCUT2D eigenvalue weighted by Gasteiger charge is 2.41. The molecule has 0 aliphatic heterocycles. The first-order chi connectivity index (χ1) is 9.10. The highest BCUT2D eigenvalue weighted by molar-refractivity contribution is 5.81. The van der Waals surface area contributed by atoms with Gasteiger partial charge in [0.2, 0.25) is 0 Å². The largest absolute Gasteiger partial charge is 0.480 e. The third-order valence-electron chi connectivity index (χ3n) is 3.23. The third kappa shape index (κ3) is 2.34. The molecule has 1 heterocycles. The van der Waals surface area contributed by atoms with E-state index in [-0.39, 0.29) is 6.54 Å². The number of nitrogens with zero attached hydrogens (tertiary/aromatic N) is 3. The Balaban J connectivity index is 2.47. The van der Waals surface area contributed by atoms with Gasteiger partial charge in [0.25, 0.3) is 0 Å². The summed E-state index contributed by atoms with van der Waals surface area (Å²) in [6.07, 6.45) is 1.37. The van der Waals surface area contributed by atoms with Crippen molar-refractivity contribution < 1.29 is 15.0 Å². The molecule has 1 atom stereocenters. The van der Waals surface area contributed by atoms with E-state index in [4.69, 9.17) is 0 Å². The highest BCUT2D eigenvalue weighted by Crippen LogP contribution is 2.26. The van der Waals surface area contributed by atoms with Crippen LogP contribution in [0.5, 0.6) is 0 Å². The number of aliphatic hydroxyl groups is 1. The van der Waals surface area contributed by atoms with Gasteiger partial charge in [0.1, 0.15) is 17.6 Å². The number of hydrogen-bond acceptors (Lipinski definition) is 4. The second kappa shape index (κ2) is 5.19. The number of aryl methyl sites for hydroxylation is 1. The topological polar surface area (TPSA) is 88.2 Å². The molecule has 100 valence electrons. The van der Waals surface area contributed by atoms with E-state index in [2.05, 4.69) is 10.1 Å². The number of carboxylic acid groups (broad SMARTS) is 1. The van der Waals surface area contributed by atoms with Crippen molar-refractivity contribution in [2.45, 2.75) is 18.9 Å². The standard InChI is InChI=1S/C13H15N3O3/c1-10-14-9-15-16(10)7-13(8-17,12(18)19)11-5-3-2-4-6-11/h2-6,9,17H,7-8H2,1H3,(H,18,19)/t13-/m1/s1. The molecule has 0 radical (unpaired) electrons. The van der Waals surface area contributed by atoms with Gasteiger partial charge in [-0.3, -0.25) is 4.79 Å². The first-order valence-corrected chi connectivity index (χ1v) is 5.84. The summed E-state index contributed by atoms with van der Waals surface area (Å²) in [6, 6.07) is 8.68. The SMILES string of the molecule is Cc1ncnn1C[C@](CO)(C(=O)O)c1ccccc1. The molecule has 2 N–H and O–H groups in total. The number of hydrogen-bond donors (Lipinski definition) is 2. The molecule has 0 saturated carbocycles. The minimum atomic E-state index is -1.42. The van der Waals surface area contributed by atoms with Crippen molar-refractivity contribution in [2.24, 2.45) is 0 Å². The van der Waals surface area contributed by atoms with Gasteiger partial charge >= 0.3 is 5.97 Å². The van der Waals surface area contributed by atoms with Gasteiger partial charge in [-0.1, -0.05) is 30.3 Å². The summed E-state index contributed by atoms with van der Waals surface area (Å²) in [4.78, 5) is 15.6. The number of aliphatic hydroxyl groups excluding tert-OH is 1. The van der Waals surface area contributed by atoms with E-state index in [0.717, 1.165) is 0 Å². The first-order valence-electron chi connectivity index (χ1n) is 5.84. The molecule has 19 heavy (non-hydrogen) atoms. The lowest BCUT2D eigenvalue weighted by atomic mass is 9.81. The molecule has 2 aromatic rings. The van der Waals surface area contributed by atoms with Gasteiger partial charge < -0.3 is 10.2 Å². The van der Waals surface area contributed by atoms with Crippen molar-refractivity contribution in [1.29, 1.82) is 0 Å². The maximum Gasteiger partial charge on any atom is 0.318 e. The van der Waals surface area contributed by atoms with E-state index in [0.29, 0.717) is 11.4 Å². The number of carboxylic acids is 1. The van der Waals surface area contributed by atoms with Gasteiger partial charge in [0.15, 0.2) is 0 Å². The molecule has 1 aromatic carbocycles. The second-order valence-corrected chi connectivity index (χ2v) is 4.38. The summed E-state index contributed by atoms with van der Waals surface area (Å²) in [5.74, 6) is -0.480. The fourth-order valence-corrected chi connectivity index (χ4v) is 1.98. The Morgan fingerprint density at radius 3 is 2.53 bits per heavy atom. The first kappa shape index (κ1) is 13.2. The van der Waals surface area contributed by atoms with E-state index in [1.54, 1.807) is 37.3 Å². The van der Waals surface area contributed by atoms with Crippen molar-refractivity contribution in [3.05, 3.63) is 48.0 Å². The van der Waals surface area contributed by atoms with Crippen molar-refractivity contribution >= 4 is 5.97 Å². The number of benzene rings is 1. The maximum atomic E-state index is 11.7. The van der Waals surface area contributed by atoms with E-state index in [9.17, 15) is 15.0 Å². The lowest BCUT2D eigenvalue weighted by Crippen LogP contribution is -2.44. The van der Waals surface area contributed by atoms with E-state index in [1.165, 1.54) is 11.0 Å². The number of aromatic nitrogens is 3. The monoisotopic (exact) mass is 261 g/mol. The zero-order chi connectivity index (χ0) is 13.9. The Morgan fingerprint density at radius 1 is 1.37 bits per heavy atom. The number of rotatable bonds is 5. The van der Waals surface area contributed by atoms with Crippen LogP contribution in [-0.2, 0) is 16.8 Å². The van der Waals surface area contributed by atoms with Crippen LogP contribution in [0, 0.1) is 6.92 Å². The number of carbonyl (C=O) groups is 1. The van der Waals surface area contributed by atoms with Crippen LogP contribution >= 0.6 is 0 Å². The highest BCUT2D eigenvalue weighted by atomic mass is 16.4. The predicted molar refractivity (Wildman–Crippen MR) is 67.6 cm³/mol. The minimum Gasteiger partial charge on any atom is -0.480 e. The zero-order valence-electron chi connectivity index (χ0n) is 10.5. The van der Waals surface area contributed by atoms with Crippen LogP contribution in [0.1, 0.15) is 11.4 Å². The number of aliphatic carboxylic acids is 1. The van der Waals surface area contributed by atoms with Crippen LogP contribution in [0.2, 0.25) is 0 Å². The fraction of sp³-hybridized carbons (Fsp3) is 0.308. The quantitative estimate of drug-likeness (QED) is 0.823. The molecule has 0 bridgehead atoms. The Hall–Kier alpha value is -2.21. The predicted octanol–water partition coefficient (Wildman–Crippen LogP) is 0.601. The molecule has 0 fully saturated rings. The Labute approximate surface area is 110 Å². The molecular weight excluding hydrogens is 246 g/mol. The minimum absolute atomic E-state index is 0.0364. The summed E-state index contributed by atoms with van der Waals surface area (Å²) < 4.78 is 1.48. The fourth-order valence-electron chi connectivity index (χ4n) is 1.98. The van der Waals surface area contributed by atoms with E-state index in [1.807, 2.05) is 0 Å². The molecule has 0 unspecified atom stereocenters. The van der Waals surface area contributed by atoms with Crippen LogP contribution in [0.25, 0.3) is 0 Å². The lowest BCUT2D eigenvalue weighted by molar-refractivity contribution is -0.146. The Bertz CT molecular complexity index is 568. The van der Waals surface area contributed by atoms with Crippen molar-refractivity contribution in [1.82, 2.24) is 14.8 Å². The average Bonchev–Trinajstić information content (AvgIpc) is 2.82. The van der Waals surface area contributed by atoms with Gasteiger partial charge in [-0.25, -0.2) is 9.67 Å². The lowest BCUT2D eigenvalue weighted by Gasteiger charge is -2.27. The molecule has 2 rings (SSSR count). The van der Waals surface area contributed by atoms with E-state index >= 15 is 0 Å². The molecular formula is C13H15N3O3. The summed E-state index contributed by atoms with van der Waals surface area (Å²) in [7, 11) is 0. The van der Waals surface area contributed by atoms with E-state index < -0.39 is 18.0 Å². The third-order valence-corrected chi connectivity index (χ3v) is 3.23. The summed E-state index contributed by atoms with van der Waals surface area (Å²) >= 11 is 0. The van der Waals surface area contributed by atoms with Crippen molar-refractivity contribution in [3.63, 3.8) is 0 Å². The van der Waals surface area contributed by atoms with Crippen molar-refractivity contribution in [2.75, 3.05) is 6.61 Å². The Kier molecular flexibility index (Phi) is 3.62. The molecule has 6 heteroatoms. The normalized spacial score (nSPS) is 14.0. The summed E-state index contributed by atoms with van der Waals surface area (Å²) in [5.41, 5.74) is -0.875. The van der Waals surface area contributed by atoms with Crippen LogP contribution < -0.4 is 0 Å². The van der Waals surface area contributed by atoms with Gasteiger partial charge in [0.05, 0.1) is 13.2 Å². The summed E-state index contributed by atoms with van der Waals surface area (Å²) in [5, 5.41) is 23.2. The second-order valence-electron chi connectivity index (χ2n) is 4.38. The van der Waals surface area contributed by atoms with Crippen LogP contribution in [0.15, 0.2) is 36.7 Å². The molecule has 0 aliphatic rings. The Morgan fingerprint density at radius 2 is 2.05 bits per heavy atom. The molecule has 0 spiro atoms. The van der Waals surface area contributed by atoms with Crippen LogP contribution in [0.4, 0.5) is 0 Å². The van der Waals surface area contributed by atoms with Crippen molar-refractivity contribution in [3.8, 4) is 0 Å². The van der Waals surface area contributed by atoms with Gasteiger partial charge in [-0.2, -0.15) is 5.10 Å². The molecule has 0 saturated heterocycles. The maximum absolute atomic E-state index is 11.7. The van der Waals surface area contributed by atoms with Gasteiger partial charge in [-0.05, 0) is 12.5 Å². The smallest absolute Gasteiger partial charge is 0.318 e. The average molecular weight is 261 g/mol. The summed E-state index contributed by atoms with van der Waals surface area (Å²) in [6.45, 7) is 1.27. The molecule has 1 aromatic heterocycles. The van der Waals surface area contributed by atoms with Gasteiger partial charge in [-0.15, -0.1) is 0 Å². The molecule has 6 nitrogen and oxygen atoms in total.